The lowest BCUT2D eigenvalue weighted by Gasteiger charge is -2.11. The molecule has 0 amide bonds. The molecule has 0 aromatic heterocycles. The molecule has 0 aliphatic carbocycles. The van der Waals surface area contributed by atoms with Gasteiger partial charge in [-0.2, -0.15) is 0 Å². The van der Waals surface area contributed by atoms with E-state index in [1.54, 1.807) is 6.92 Å². The van der Waals surface area contributed by atoms with Crippen molar-refractivity contribution in [3.05, 3.63) is 0 Å². The average molecular weight is 180 g/mol. The fourth-order valence-electron chi connectivity index (χ4n) is 1.31. The second-order valence-corrected chi connectivity index (χ2v) is 2.88. The predicted octanol–water partition coefficient (Wildman–Crippen LogP) is 0.738. The molecule has 4 heteroatoms. The van der Waals surface area contributed by atoms with Crippen molar-refractivity contribution in [2.75, 3.05) is 13.1 Å². The summed E-state index contributed by atoms with van der Waals surface area (Å²) >= 11 is 0. The van der Waals surface area contributed by atoms with Crippen LogP contribution in [0.15, 0.2) is 0 Å². The number of carboxylic acids is 1. The van der Waals surface area contributed by atoms with Crippen LogP contribution in [-0.2, 0) is 4.79 Å². The summed E-state index contributed by atoms with van der Waals surface area (Å²) in [6, 6.07) is 0. The molecule has 2 atom stereocenters. The fourth-order valence-corrected chi connectivity index (χ4v) is 1.31. The van der Waals surface area contributed by atoms with Gasteiger partial charge in [0.2, 0.25) is 0 Å². The summed E-state index contributed by atoms with van der Waals surface area (Å²) in [6.45, 7) is 3.62. The Morgan fingerprint density at radius 1 is 1.73 bits per heavy atom. The first kappa shape index (κ1) is 10.7. The van der Waals surface area contributed by atoms with Crippen molar-refractivity contribution < 1.29 is 9.90 Å². The number of hydrogen-bond acceptors (Lipinski definition) is 2. The van der Waals surface area contributed by atoms with Gasteiger partial charge in [0, 0.05) is 0 Å². The number of carbonyl (C=O) groups is 1. The van der Waals surface area contributed by atoms with E-state index in [1.807, 2.05) is 0 Å². The predicted molar refractivity (Wildman–Crippen MR) is 45.0 cm³/mol. The van der Waals surface area contributed by atoms with Gasteiger partial charge in [0.15, 0.2) is 0 Å². The van der Waals surface area contributed by atoms with Crippen molar-refractivity contribution in [3.63, 3.8) is 0 Å². The van der Waals surface area contributed by atoms with Crippen LogP contribution in [0.5, 0.6) is 0 Å². The lowest BCUT2D eigenvalue weighted by Crippen LogP contribution is -2.22. The fraction of sp³-hybridized carbons (Fsp3) is 0.857. The Bertz CT molecular complexity index is 134. The van der Waals surface area contributed by atoms with Crippen LogP contribution in [0, 0.1) is 11.8 Å². The second-order valence-electron chi connectivity index (χ2n) is 2.88. The second kappa shape index (κ2) is 4.57. The number of carboxylic acid groups (broad SMARTS) is 1. The van der Waals surface area contributed by atoms with Crippen LogP contribution >= 0.6 is 12.4 Å². The Kier molecular flexibility index (Phi) is 4.45. The molecule has 0 aromatic rings. The van der Waals surface area contributed by atoms with Gasteiger partial charge in [-0.15, -0.1) is 12.4 Å². The molecule has 0 saturated carbocycles. The molecule has 66 valence electrons. The van der Waals surface area contributed by atoms with Crippen LogP contribution in [0.1, 0.15) is 13.3 Å². The zero-order chi connectivity index (χ0) is 7.56. The van der Waals surface area contributed by atoms with Gasteiger partial charge in [-0.25, -0.2) is 0 Å². The smallest absolute Gasteiger partial charge is 0.306 e. The highest BCUT2D eigenvalue weighted by Crippen LogP contribution is 2.18. The summed E-state index contributed by atoms with van der Waals surface area (Å²) < 4.78 is 0. The Balaban J connectivity index is 0.000001000. The standard InChI is InChI=1S/C7H13NO2.ClH/c1-5(7(9)10)6-2-3-8-4-6;/h5-6,8H,2-4H2,1H3,(H,9,10);1H. The van der Waals surface area contributed by atoms with Crippen molar-refractivity contribution >= 4 is 18.4 Å². The molecule has 1 heterocycles. The maximum absolute atomic E-state index is 10.5. The third-order valence-electron chi connectivity index (χ3n) is 2.20. The van der Waals surface area contributed by atoms with E-state index in [2.05, 4.69) is 5.32 Å². The minimum Gasteiger partial charge on any atom is -0.481 e. The average Bonchev–Trinajstić information content (AvgIpc) is 2.36. The first-order chi connectivity index (χ1) is 4.72. The van der Waals surface area contributed by atoms with E-state index in [0.717, 1.165) is 19.5 Å². The molecule has 2 N–H and O–H groups in total. The van der Waals surface area contributed by atoms with E-state index in [0.29, 0.717) is 5.92 Å². The first-order valence-corrected chi connectivity index (χ1v) is 3.65. The van der Waals surface area contributed by atoms with Gasteiger partial charge < -0.3 is 10.4 Å². The largest absolute Gasteiger partial charge is 0.481 e. The monoisotopic (exact) mass is 179 g/mol. The van der Waals surface area contributed by atoms with Gasteiger partial charge in [-0.3, -0.25) is 4.79 Å². The minimum atomic E-state index is -0.672. The maximum Gasteiger partial charge on any atom is 0.306 e. The van der Waals surface area contributed by atoms with Crippen molar-refractivity contribution in [3.8, 4) is 0 Å². The van der Waals surface area contributed by atoms with Crippen LogP contribution < -0.4 is 5.32 Å². The number of aliphatic carboxylic acids is 1. The van der Waals surface area contributed by atoms with Crippen molar-refractivity contribution in [1.29, 1.82) is 0 Å². The van der Waals surface area contributed by atoms with Crippen LogP contribution in [-0.4, -0.2) is 24.2 Å². The van der Waals surface area contributed by atoms with Gasteiger partial charge in [0.1, 0.15) is 0 Å². The Labute approximate surface area is 72.6 Å². The molecule has 2 unspecified atom stereocenters. The van der Waals surface area contributed by atoms with E-state index in [-0.39, 0.29) is 18.3 Å². The summed E-state index contributed by atoms with van der Waals surface area (Å²) in [4.78, 5) is 10.5. The van der Waals surface area contributed by atoms with Crippen LogP contribution in [0.3, 0.4) is 0 Å². The molecule has 1 saturated heterocycles. The SMILES string of the molecule is CC(C(=O)O)C1CCNC1.Cl. The van der Waals surface area contributed by atoms with Gasteiger partial charge in [0.25, 0.3) is 0 Å². The summed E-state index contributed by atoms with van der Waals surface area (Å²) in [7, 11) is 0. The van der Waals surface area contributed by atoms with E-state index >= 15 is 0 Å². The first-order valence-electron chi connectivity index (χ1n) is 3.65. The van der Waals surface area contributed by atoms with Crippen LogP contribution in [0.25, 0.3) is 0 Å². The molecule has 0 radical (unpaired) electrons. The normalized spacial score (nSPS) is 25.7. The van der Waals surface area contributed by atoms with Gasteiger partial charge in [0.05, 0.1) is 5.92 Å². The zero-order valence-electron chi connectivity index (χ0n) is 6.54. The molecule has 1 aliphatic rings. The highest BCUT2D eigenvalue weighted by Gasteiger charge is 2.25. The number of nitrogens with one attached hydrogen (secondary N) is 1. The van der Waals surface area contributed by atoms with E-state index in [4.69, 9.17) is 5.11 Å². The molecule has 1 fully saturated rings. The number of halogens is 1. The number of rotatable bonds is 2. The van der Waals surface area contributed by atoms with Crippen molar-refractivity contribution in [1.82, 2.24) is 5.32 Å². The molecular weight excluding hydrogens is 166 g/mol. The van der Waals surface area contributed by atoms with Crippen molar-refractivity contribution in [2.24, 2.45) is 11.8 Å². The molecule has 0 bridgehead atoms. The zero-order valence-corrected chi connectivity index (χ0v) is 7.36. The molecule has 11 heavy (non-hydrogen) atoms. The molecule has 3 nitrogen and oxygen atoms in total. The topological polar surface area (TPSA) is 49.3 Å². The summed E-state index contributed by atoms with van der Waals surface area (Å²) in [5.41, 5.74) is 0. The van der Waals surface area contributed by atoms with Crippen LogP contribution in [0.2, 0.25) is 0 Å². The van der Waals surface area contributed by atoms with Gasteiger partial charge >= 0.3 is 5.97 Å². The van der Waals surface area contributed by atoms with E-state index in [1.165, 1.54) is 0 Å². The van der Waals surface area contributed by atoms with Gasteiger partial charge in [-0.05, 0) is 25.4 Å². The highest BCUT2D eigenvalue weighted by atomic mass is 35.5. The Morgan fingerprint density at radius 2 is 2.36 bits per heavy atom. The molecular formula is C7H14ClNO2. The Morgan fingerprint density at radius 3 is 2.73 bits per heavy atom. The number of hydrogen-bond donors (Lipinski definition) is 2. The van der Waals surface area contributed by atoms with Gasteiger partial charge in [-0.1, -0.05) is 6.92 Å². The van der Waals surface area contributed by atoms with E-state index < -0.39 is 5.97 Å². The summed E-state index contributed by atoms with van der Waals surface area (Å²) in [5, 5.41) is 11.8. The summed E-state index contributed by atoms with van der Waals surface area (Å²) in [6.07, 6.45) is 1.01. The van der Waals surface area contributed by atoms with Crippen LogP contribution in [0.4, 0.5) is 0 Å². The Hall–Kier alpha value is -0.280. The third-order valence-corrected chi connectivity index (χ3v) is 2.20. The maximum atomic E-state index is 10.5. The van der Waals surface area contributed by atoms with Crippen molar-refractivity contribution in [2.45, 2.75) is 13.3 Å². The quantitative estimate of drug-likeness (QED) is 0.658. The minimum absolute atomic E-state index is 0. The molecule has 1 rings (SSSR count). The molecule has 0 aromatic carbocycles. The summed E-state index contributed by atoms with van der Waals surface area (Å²) in [5.74, 6) is -0.513. The molecule has 0 spiro atoms. The lowest BCUT2D eigenvalue weighted by molar-refractivity contribution is -0.142. The third kappa shape index (κ3) is 2.67. The highest BCUT2D eigenvalue weighted by molar-refractivity contribution is 5.85. The molecule has 1 aliphatic heterocycles. The van der Waals surface area contributed by atoms with E-state index in [9.17, 15) is 4.79 Å². The lowest BCUT2D eigenvalue weighted by atomic mass is 9.94.